The molecule has 0 spiro atoms. The first-order valence-electron chi connectivity index (χ1n) is 20.9. The molecular weight excluding hydrogens is 757 g/mol. The maximum atomic E-state index is 14.4. The second-order valence-corrected chi connectivity index (χ2v) is 19.2. The number of thiol groups is 1. The maximum Gasteiger partial charge on any atom is 0.243 e. The van der Waals surface area contributed by atoms with Crippen LogP contribution < -0.4 is 37.2 Å². The van der Waals surface area contributed by atoms with E-state index in [-0.39, 0.29) is 43.1 Å². The van der Waals surface area contributed by atoms with Gasteiger partial charge in [0.15, 0.2) is 0 Å². The van der Waals surface area contributed by atoms with E-state index in [4.69, 9.17) is 12.6 Å². The number of nitrogens with one attached hydrogen (secondary N) is 8. The number of carbonyl (C=O) groups excluding carboxylic acids is 6. The fraction of sp³-hybridized carbons (Fsp3) is 0.674. The lowest BCUT2D eigenvalue weighted by Gasteiger charge is -2.35. The van der Waals surface area contributed by atoms with Gasteiger partial charge < -0.3 is 42.2 Å². The number of hydrogen-bond donors (Lipinski definition) is 9. The number of para-hydroxylation sites is 1. The van der Waals surface area contributed by atoms with E-state index in [1.807, 2.05) is 72.0 Å². The number of H-pyrrole nitrogens is 1. The Morgan fingerprint density at radius 2 is 1.17 bits per heavy atom. The largest absolute Gasteiger partial charge is 0.361 e. The number of carbonyl (C=O) groups is 6. The van der Waals surface area contributed by atoms with E-state index in [0.717, 1.165) is 16.5 Å². The van der Waals surface area contributed by atoms with Crippen molar-refractivity contribution in [2.45, 2.75) is 149 Å². The second kappa shape index (κ2) is 21.2. The van der Waals surface area contributed by atoms with Crippen LogP contribution in [-0.2, 0) is 35.2 Å². The third-order valence-corrected chi connectivity index (χ3v) is 11.3. The minimum Gasteiger partial charge on any atom is -0.361 e. The Balaban J connectivity index is 2.16. The van der Waals surface area contributed by atoms with E-state index in [1.54, 1.807) is 41.5 Å². The fourth-order valence-corrected chi connectivity index (χ4v) is 7.31. The molecule has 8 N–H and O–H groups in total. The maximum absolute atomic E-state index is 14.4. The molecule has 1 aromatic heterocycles. The van der Waals surface area contributed by atoms with Crippen molar-refractivity contribution in [1.82, 2.24) is 42.2 Å². The molecule has 1 aliphatic rings. The molecule has 8 atom stereocenters. The van der Waals surface area contributed by atoms with Gasteiger partial charge in [0.1, 0.15) is 36.3 Å². The standard InChI is InChI=1S/C43H70N8O6S/c1-13-26(10)35-41(56)50-34(25(8)9)40(55)46-30(18-22(2)3)38(53)49-33(24(6)7)39(54)47-31(19-27-20-44-29-17-15-14-16-28(27)29)37(52)48-32(23(4)5)21-45-36(42(57)51-35)43(11,12)58/h14-17,20,22-26,30-36,44-45,58H,13,18-19,21H2,1-12H3,(H,46,55)(H,47,54)(H,48,52)(H,49,53)(H,50,56)(H,51,57)/t26-,30+,31+,32+,33-,34-,35+,36+/m0/s1. The average Bonchev–Trinajstić information content (AvgIpc) is 3.54. The molecule has 3 rings (SSSR count). The Hall–Kier alpha value is -4.11. The van der Waals surface area contributed by atoms with Crippen molar-refractivity contribution >= 4 is 59.0 Å². The van der Waals surface area contributed by atoms with E-state index < -0.39 is 88.4 Å². The quantitative estimate of drug-likeness (QED) is 0.164. The van der Waals surface area contributed by atoms with Crippen LogP contribution in [0, 0.1) is 29.6 Å². The van der Waals surface area contributed by atoms with E-state index in [9.17, 15) is 28.8 Å². The van der Waals surface area contributed by atoms with Crippen molar-refractivity contribution < 1.29 is 28.8 Å². The van der Waals surface area contributed by atoms with Crippen LogP contribution in [0.15, 0.2) is 30.5 Å². The van der Waals surface area contributed by atoms with Crippen molar-refractivity contribution in [2.24, 2.45) is 29.6 Å². The van der Waals surface area contributed by atoms with Crippen LogP contribution in [0.3, 0.4) is 0 Å². The van der Waals surface area contributed by atoms with Crippen LogP contribution in [0.25, 0.3) is 10.9 Å². The van der Waals surface area contributed by atoms with Crippen LogP contribution in [0.2, 0.25) is 0 Å². The van der Waals surface area contributed by atoms with Gasteiger partial charge in [0, 0.05) is 40.9 Å². The lowest BCUT2D eigenvalue weighted by Crippen LogP contribution is -2.63. The summed E-state index contributed by atoms with van der Waals surface area (Å²) in [6.45, 7) is 22.4. The molecule has 2 heterocycles. The molecule has 6 amide bonds. The Labute approximate surface area is 350 Å². The summed E-state index contributed by atoms with van der Waals surface area (Å²) >= 11 is 4.78. The zero-order chi connectivity index (χ0) is 43.6. The molecule has 1 aromatic carbocycles. The Kier molecular flexibility index (Phi) is 17.7. The van der Waals surface area contributed by atoms with Gasteiger partial charge >= 0.3 is 0 Å². The van der Waals surface area contributed by atoms with Crippen molar-refractivity contribution in [2.75, 3.05) is 6.54 Å². The number of hydrogen-bond acceptors (Lipinski definition) is 8. The third-order valence-electron chi connectivity index (χ3n) is 11.0. The highest BCUT2D eigenvalue weighted by Gasteiger charge is 2.39. The summed E-state index contributed by atoms with van der Waals surface area (Å²) in [6.07, 6.45) is 2.78. The SMILES string of the molecule is CC[C@H](C)[C@H]1NC(=O)[C@H](C(C)(C)S)NC[C@H](C(C)C)NC(=O)[C@@H](Cc2c[nH]c3ccccc23)NC(=O)[C@H](C(C)C)NC(=O)[C@@H](CC(C)C)NC(=O)[C@H](C(C)C)NC1=O. The molecule has 2 aromatic rings. The van der Waals surface area contributed by atoms with E-state index in [2.05, 4.69) is 42.2 Å². The molecule has 1 aliphatic heterocycles. The Morgan fingerprint density at radius 3 is 1.71 bits per heavy atom. The van der Waals surface area contributed by atoms with Gasteiger partial charge in [0.2, 0.25) is 35.4 Å². The number of fused-ring (bicyclic) bond motifs is 1. The summed E-state index contributed by atoms with van der Waals surface area (Å²) in [6, 6.07) is 1.10. The third kappa shape index (κ3) is 13.2. The summed E-state index contributed by atoms with van der Waals surface area (Å²) < 4.78 is -0.912. The van der Waals surface area contributed by atoms with Gasteiger partial charge in [-0.05, 0) is 61.5 Å². The molecule has 15 heteroatoms. The van der Waals surface area contributed by atoms with Crippen molar-refractivity contribution in [3.8, 4) is 0 Å². The molecule has 0 radical (unpaired) electrons. The lowest BCUT2D eigenvalue weighted by atomic mass is 9.94. The number of benzene rings is 1. The van der Waals surface area contributed by atoms with E-state index in [1.165, 1.54) is 0 Å². The molecule has 324 valence electrons. The molecule has 0 saturated carbocycles. The van der Waals surface area contributed by atoms with Gasteiger partial charge in [-0.3, -0.25) is 28.8 Å². The smallest absolute Gasteiger partial charge is 0.243 e. The summed E-state index contributed by atoms with van der Waals surface area (Å²) in [5.74, 6) is -4.34. The van der Waals surface area contributed by atoms with Crippen molar-refractivity contribution in [3.63, 3.8) is 0 Å². The van der Waals surface area contributed by atoms with Gasteiger partial charge in [0.25, 0.3) is 0 Å². The molecular formula is C43H70N8O6S. The highest BCUT2D eigenvalue weighted by molar-refractivity contribution is 7.81. The Bertz CT molecular complexity index is 1740. The van der Waals surface area contributed by atoms with Gasteiger partial charge in [-0.25, -0.2) is 0 Å². The molecule has 0 bridgehead atoms. The first kappa shape index (κ1) is 48.3. The van der Waals surface area contributed by atoms with Crippen LogP contribution in [-0.4, -0.2) is 94.0 Å². The van der Waals surface area contributed by atoms with Crippen LogP contribution in [0.1, 0.15) is 101 Å². The molecule has 0 unspecified atom stereocenters. The highest BCUT2D eigenvalue weighted by atomic mass is 32.1. The predicted molar refractivity (Wildman–Crippen MR) is 232 cm³/mol. The number of aromatic nitrogens is 1. The van der Waals surface area contributed by atoms with Crippen LogP contribution >= 0.6 is 12.6 Å². The number of amides is 6. The molecule has 1 fully saturated rings. The lowest BCUT2D eigenvalue weighted by molar-refractivity contribution is -0.136. The van der Waals surface area contributed by atoms with Crippen molar-refractivity contribution in [3.05, 3.63) is 36.0 Å². The second-order valence-electron chi connectivity index (χ2n) is 18.0. The molecule has 58 heavy (non-hydrogen) atoms. The Morgan fingerprint density at radius 1 is 0.655 bits per heavy atom. The fourth-order valence-electron chi connectivity index (χ4n) is 7.11. The predicted octanol–water partition coefficient (Wildman–Crippen LogP) is 3.36. The minimum atomic E-state index is -1.05. The van der Waals surface area contributed by atoms with Gasteiger partial charge in [-0.1, -0.05) is 93.9 Å². The zero-order valence-corrected chi connectivity index (χ0v) is 37.4. The van der Waals surface area contributed by atoms with Crippen LogP contribution in [0.5, 0.6) is 0 Å². The summed E-state index contributed by atoms with van der Waals surface area (Å²) in [7, 11) is 0. The van der Waals surface area contributed by atoms with Gasteiger partial charge in [-0.2, -0.15) is 12.6 Å². The van der Waals surface area contributed by atoms with Crippen molar-refractivity contribution in [1.29, 1.82) is 0 Å². The van der Waals surface area contributed by atoms with E-state index >= 15 is 0 Å². The van der Waals surface area contributed by atoms with Gasteiger partial charge in [-0.15, -0.1) is 0 Å². The summed E-state index contributed by atoms with van der Waals surface area (Å²) in [4.78, 5) is 88.1. The topological polar surface area (TPSA) is 202 Å². The van der Waals surface area contributed by atoms with Gasteiger partial charge in [0.05, 0.1) is 0 Å². The summed E-state index contributed by atoms with van der Waals surface area (Å²) in [5, 5.41) is 21.8. The number of rotatable bonds is 10. The minimum absolute atomic E-state index is 0.0234. The molecule has 0 aliphatic carbocycles. The molecule has 1 saturated heterocycles. The van der Waals surface area contributed by atoms with Crippen LogP contribution in [0.4, 0.5) is 0 Å². The molecule has 14 nitrogen and oxygen atoms in total. The monoisotopic (exact) mass is 827 g/mol. The summed E-state index contributed by atoms with van der Waals surface area (Å²) in [5.41, 5.74) is 1.70. The highest BCUT2D eigenvalue weighted by Crippen LogP contribution is 2.22. The average molecular weight is 827 g/mol. The van der Waals surface area contributed by atoms with E-state index in [0.29, 0.717) is 6.42 Å². The first-order chi connectivity index (χ1) is 27.0. The first-order valence-corrected chi connectivity index (χ1v) is 21.3. The normalized spacial score (nSPS) is 26.1. The number of aromatic amines is 1. The zero-order valence-electron chi connectivity index (χ0n) is 36.5.